The van der Waals surface area contributed by atoms with Crippen LogP contribution >= 0.6 is 22.7 Å². The van der Waals surface area contributed by atoms with Crippen molar-refractivity contribution in [3.05, 3.63) is 100 Å². The summed E-state index contributed by atoms with van der Waals surface area (Å²) in [7, 11) is -3.94. The standard InChI is InChI=1S/C34H30N6O3S3/c35-17-6-19-40(20-7-18-36)46(42,43)26-14-12-25(13-15-26)32(41)38-34-31(33-37-28-10-4-5-11-29(28)44-33)27-16-21-39(23-30(27)45-34)22-24-8-2-1-3-9-24/h1-5,8-15H,6-7,16,19-23H2,(H,38,41). The molecule has 0 unspecified atom stereocenters. The van der Waals surface area contributed by atoms with Crippen LogP contribution in [-0.4, -0.2) is 48.1 Å². The first-order valence-electron chi connectivity index (χ1n) is 14.8. The zero-order valence-electron chi connectivity index (χ0n) is 24.8. The smallest absolute Gasteiger partial charge is 0.256 e. The second kappa shape index (κ2) is 13.9. The molecule has 0 saturated heterocycles. The van der Waals surface area contributed by atoms with E-state index >= 15 is 0 Å². The largest absolute Gasteiger partial charge is 0.313 e. The first kappa shape index (κ1) is 31.5. The van der Waals surface area contributed by atoms with Crippen molar-refractivity contribution < 1.29 is 13.2 Å². The lowest BCUT2D eigenvalue weighted by Crippen LogP contribution is -2.32. The minimum absolute atomic E-state index is 0.000175. The summed E-state index contributed by atoms with van der Waals surface area (Å²) in [5, 5.41) is 22.6. The third-order valence-electron chi connectivity index (χ3n) is 7.82. The number of sulfonamides is 1. The zero-order chi connectivity index (χ0) is 32.1. The molecule has 9 nitrogen and oxygen atoms in total. The molecule has 2 aromatic heterocycles. The second-order valence-corrected chi connectivity index (χ2v) is 14.9. The molecule has 0 fully saturated rings. The average Bonchev–Trinajstić information content (AvgIpc) is 3.65. The van der Waals surface area contributed by atoms with Crippen LogP contribution in [-0.2, 0) is 29.5 Å². The van der Waals surface area contributed by atoms with Crippen LogP contribution in [0.5, 0.6) is 0 Å². The highest BCUT2D eigenvalue weighted by Gasteiger charge is 2.29. The number of thiophene rings is 1. The van der Waals surface area contributed by atoms with E-state index in [0.29, 0.717) is 5.56 Å². The lowest BCUT2D eigenvalue weighted by molar-refractivity contribution is 0.102. The Labute approximate surface area is 276 Å². The predicted molar refractivity (Wildman–Crippen MR) is 181 cm³/mol. The van der Waals surface area contributed by atoms with Crippen LogP contribution in [0.3, 0.4) is 0 Å². The topological polar surface area (TPSA) is 130 Å². The van der Waals surface area contributed by atoms with Gasteiger partial charge in [0.2, 0.25) is 10.0 Å². The summed E-state index contributed by atoms with van der Waals surface area (Å²) in [6.45, 7) is 2.48. The van der Waals surface area contributed by atoms with Gasteiger partial charge in [-0.2, -0.15) is 14.8 Å². The molecular formula is C34H30N6O3S3. The Bertz CT molecular complexity index is 2010. The van der Waals surface area contributed by atoms with Gasteiger partial charge in [-0.25, -0.2) is 13.4 Å². The second-order valence-electron chi connectivity index (χ2n) is 10.8. The lowest BCUT2D eigenvalue weighted by atomic mass is 10.0. The molecule has 232 valence electrons. The fraction of sp³-hybridized carbons (Fsp3) is 0.235. The number of rotatable bonds is 11. The maximum atomic E-state index is 13.6. The van der Waals surface area contributed by atoms with Gasteiger partial charge in [0.1, 0.15) is 10.0 Å². The number of carbonyl (C=O) groups excluding carboxylic acids is 1. The average molecular weight is 667 g/mol. The van der Waals surface area contributed by atoms with Gasteiger partial charge in [-0.15, -0.1) is 22.7 Å². The minimum Gasteiger partial charge on any atom is -0.313 e. The van der Waals surface area contributed by atoms with Gasteiger partial charge in [-0.05, 0) is 53.9 Å². The van der Waals surface area contributed by atoms with E-state index in [9.17, 15) is 13.2 Å². The Kier molecular flexibility index (Phi) is 9.54. The van der Waals surface area contributed by atoms with E-state index in [4.69, 9.17) is 15.5 Å². The number of hydrogen-bond donors (Lipinski definition) is 1. The number of para-hydroxylation sites is 1. The molecule has 6 rings (SSSR count). The fourth-order valence-electron chi connectivity index (χ4n) is 5.53. The van der Waals surface area contributed by atoms with Crippen LogP contribution in [0.4, 0.5) is 5.00 Å². The van der Waals surface area contributed by atoms with E-state index in [0.717, 1.165) is 56.1 Å². The zero-order valence-corrected chi connectivity index (χ0v) is 27.3. The SMILES string of the molecule is N#CCCN(CCC#N)S(=O)(=O)c1ccc(C(=O)Nc2sc3c(c2-c2nc4ccccc4s2)CCN(Cc2ccccc2)C3)cc1. The number of aromatic nitrogens is 1. The molecule has 0 radical (unpaired) electrons. The number of amides is 1. The minimum atomic E-state index is -3.94. The van der Waals surface area contributed by atoms with Gasteiger partial charge in [0, 0.05) is 61.6 Å². The van der Waals surface area contributed by atoms with Gasteiger partial charge in [0.25, 0.3) is 5.91 Å². The van der Waals surface area contributed by atoms with Crippen LogP contribution in [0.25, 0.3) is 20.8 Å². The van der Waals surface area contributed by atoms with Crippen molar-refractivity contribution in [3.8, 4) is 22.7 Å². The van der Waals surface area contributed by atoms with Crippen molar-refractivity contribution in [2.75, 3.05) is 25.0 Å². The highest BCUT2D eigenvalue weighted by Crippen LogP contribution is 2.46. The van der Waals surface area contributed by atoms with Gasteiger partial charge in [0.15, 0.2) is 0 Å². The van der Waals surface area contributed by atoms with Crippen molar-refractivity contribution >= 4 is 53.8 Å². The molecule has 0 spiro atoms. The Morgan fingerprint density at radius 3 is 2.33 bits per heavy atom. The molecule has 5 aromatic rings. The number of nitrogens with zero attached hydrogens (tertiary/aromatic N) is 5. The van der Waals surface area contributed by atoms with Crippen LogP contribution in [0.15, 0.2) is 83.8 Å². The van der Waals surface area contributed by atoms with Crippen molar-refractivity contribution in [2.24, 2.45) is 0 Å². The number of anilines is 1. The van der Waals surface area contributed by atoms with Gasteiger partial charge in [-0.3, -0.25) is 9.69 Å². The first-order chi connectivity index (χ1) is 22.4. The quantitative estimate of drug-likeness (QED) is 0.167. The van der Waals surface area contributed by atoms with Crippen molar-refractivity contribution in [3.63, 3.8) is 0 Å². The van der Waals surface area contributed by atoms with Gasteiger partial charge < -0.3 is 5.32 Å². The number of thiazole rings is 1. The number of carbonyl (C=O) groups is 1. The van der Waals surface area contributed by atoms with E-state index in [2.05, 4.69) is 34.5 Å². The van der Waals surface area contributed by atoms with Gasteiger partial charge in [0.05, 0.1) is 27.3 Å². The molecule has 1 aliphatic rings. The number of nitrogens with one attached hydrogen (secondary N) is 1. The monoisotopic (exact) mass is 666 g/mol. The Morgan fingerprint density at radius 2 is 1.63 bits per heavy atom. The van der Waals surface area contributed by atoms with E-state index in [1.165, 1.54) is 40.3 Å². The molecule has 1 amide bonds. The molecule has 0 aliphatic carbocycles. The summed E-state index contributed by atoms with van der Waals surface area (Å²) in [6.07, 6.45) is 0.856. The van der Waals surface area contributed by atoms with E-state index in [1.807, 2.05) is 42.5 Å². The maximum absolute atomic E-state index is 13.6. The van der Waals surface area contributed by atoms with Gasteiger partial charge >= 0.3 is 0 Å². The molecule has 1 aliphatic heterocycles. The highest BCUT2D eigenvalue weighted by atomic mass is 32.2. The van der Waals surface area contributed by atoms with Crippen LogP contribution in [0.1, 0.15) is 39.2 Å². The number of hydrogen-bond acceptors (Lipinski definition) is 9. The van der Waals surface area contributed by atoms with Crippen molar-refractivity contribution in [1.82, 2.24) is 14.2 Å². The molecule has 0 atom stereocenters. The van der Waals surface area contributed by atoms with Crippen LogP contribution in [0.2, 0.25) is 0 Å². The van der Waals surface area contributed by atoms with E-state index in [1.54, 1.807) is 22.7 Å². The predicted octanol–water partition coefficient (Wildman–Crippen LogP) is 6.65. The third kappa shape index (κ3) is 6.72. The summed E-state index contributed by atoms with van der Waals surface area (Å²) >= 11 is 3.17. The van der Waals surface area contributed by atoms with Crippen molar-refractivity contribution in [1.29, 1.82) is 10.5 Å². The molecular weight excluding hydrogens is 637 g/mol. The molecule has 12 heteroatoms. The van der Waals surface area contributed by atoms with Crippen LogP contribution in [0, 0.1) is 22.7 Å². The fourth-order valence-corrected chi connectivity index (χ4v) is 9.37. The van der Waals surface area contributed by atoms with Crippen molar-refractivity contribution in [2.45, 2.75) is 37.2 Å². The molecule has 0 bridgehead atoms. The molecule has 46 heavy (non-hydrogen) atoms. The van der Waals surface area contributed by atoms with Gasteiger partial charge in [-0.1, -0.05) is 42.5 Å². The van der Waals surface area contributed by atoms with Crippen LogP contribution < -0.4 is 5.32 Å². The summed E-state index contributed by atoms with van der Waals surface area (Å²) < 4.78 is 28.7. The number of nitriles is 2. The molecule has 0 saturated carbocycles. The molecule has 1 N–H and O–H groups in total. The van der Waals surface area contributed by atoms with E-state index in [-0.39, 0.29) is 36.7 Å². The van der Waals surface area contributed by atoms with E-state index < -0.39 is 10.0 Å². The summed E-state index contributed by atoms with van der Waals surface area (Å²) in [4.78, 5) is 22.2. The lowest BCUT2D eigenvalue weighted by Gasteiger charge is -2.27. The first-order valence-corrected chi connectivity index (χ1v) is 17.9. The number of benzene rings is 3. The Morgan fingerprint density at radius 1 is 0.935 bits per heavy atom. The maximum Gasteiger partial charge on any atom is 0.256 e. The number of fused-ring (bicyclic) bond motifs is 2. The normalized spacial score (nSPS) is 13.3. The Balaban J connectivity index is 1.28. The summed E-state index contributed by atoms with van der Waals surface area (Å²) in [5.74, 6) is -0.350. The summed E-state index contributed by atoms with van der Waals surface area (Å²) in [5.41, 5.74) is 4.65. The Hall–Kier alpha value is -4.43. The third-order valence-corrected chi connectivity index (χ3v) is 11.9. The molecule has 3 aromatic carbocycles. The summed E-state index contributed by atoms with van der Waals surface area (Å²) in [6, 6.07) is 28.1. The molecule has 3 heterocycles. The highest BCUT2D eigenvalue weighted by molar-refractivity contribution is 7.89.